The van der Waals surface area contributed by atoms with Gasteiger partial charge in [0.15, 0.2) is 0 Å². The molecule has 0 bridgehead atoms. The Morgan fingerprint density at radius 3 is 2.58 bits per heavy atom. The molecule has 1 aromatic heterocycles. The third-order valence-corrected chi connectivity index (χ3v) is 3.74. The first kappa shape index (κ1) is 15.7. The highest BCUT2D eigenvalue weighted by molar-refractivity contribution is 5.96. The molecule has 0 spiro atoms. The average molecular weight is 323 g/mol. The van der Waals surface area contributed by atoms with Crippen LogP contribution in [0.1, 0.15) is 23.2 Å². The second kappa shape index (κ2) is 6.95. The van der Waals surface area contributed by atoms with E-state index in [2.05, 4.69) is 15.5 Å². The van der Waals surface area contributed by atoms with Crippen LogP contribution >= 0.6 is 0 Å². The predicted octanol–water partition coefficient (Wildman–Crippen LogP) is 2.82. The molecule has 24 heavy (non-hydrogen) atoms. The zero-order chi connectivity index (χ0) is 16.9. The first-order valence-electron chi connectivity index (χ1n) is 7.68. The Labute approximate surface area is 138 Å². The minimum Gasteiger partial charge on any atom is -0.481 e. The fraction of sp³-hybridized carbons (Fsp3) is 0.167. The molecule has 122 valence electrons. The van der Waals surface area contributed by atoms with Crippen LogP contribution in [0, 0.1) is 0 Å². The van der Waals surface area contributed by atoms with Crippen molar-refractivity contribution in [3.63, 3.8) is 0 Å². The van der Waals surface area contributed by atoms with Crippen molar-refractivity contribution in [2.24, 2.45) is 0 Å². The van der Waals surface area contributed by atoms with Crippen LogP contribution in [0.4, 0.5) is 0 Å². The lowest BCUT2D eigenvalue weighted by Crippen LogP contribution is -2.24. The fourth-order valence-electron chi connectivity index (χ4n) is 2.51. The van der Waals surface area contributed by atoms with Crippen molar-refractivity contribution >= 4 is 22.8 Å². The molecule has 0 fully saturated rings. The van der Waals surface area contributed by atoms with Gasteiger partial charge in [-0.3, -0.25) is 14.7 Å². The molecular formula is C18H17N3O3. The quantitative estimate of drug-likeness (QED) is 0.608. The van der Waals surface area contributed by atoms with Gasteiger partial charge in [-0.25, -0.2) is 0 Å². The number of hydrogen-bond acceptors (Lipinski definition) is 3. The summed E-state index contributed by atoms with van der Waals surface area (Å²) in [6.07, 6.45) is 0.462. The summed E-state index contributed by atoms with van der Waals surface area (Å²) in [5, 5.41) is 19.6. The number of rotatable bonds is 6. The Bertz CT molecular complexity index is 869. The molecular weight excluding hydrogens is 306 g/mol. The minimum absolute atomic E-state index is 0.0471. The standard InChI is InChI=1S/C18H17N3O3/c22-16(23)6-3-11-19-18(24)13-9-7-12(8-10-13)17-14-4-1-2-5-15(14)20-21-17/h1-2,4-5,7-10H,3,6,11H2,(H,19,24)(H,20,21)(H,22,23). The van der Waals surface area contributed by atoms with E-state index in [4.69, 9.17) is 5.11 Å². The lowest BCUT2D eigenvalue weighted by molar-refractivity contribution is -0.137. The second-order valence-electron chi connectivity index (χ2n) is 5.45. The maximum atomic E-state index is 12.0. The predicted molar refractivity (Wildman–Crippen MR) is 90.7 cm³/mol. The monoisotopic (exact) mass is 323 g/mol. The fourth-order valence-corrected chi connectivity index (χ4v) is 2.51. The number of carboxylic acids is 1. The van der Waals surface area contributed by atoms with Crippen LogP contribution < -0.4 is 5.32 Å². The van der Waals surface area contributed by atoms with E-state index in [1.165, 1.54) is 0 Å². The van der Waals surface area contributed by atoms with Gasteiger partial charge in [0.2, 0.25) is 0 Å². The van der Waals surface area contributed by atoms with E-state index in [0.717, 1.165) is 22.2 Å². The van der Waals surface area contributed by atoms with Crippen LogP contribution in [-0.4, -0.2) is 33.7 Å². The van der Waals surface area contributed by atoms with Crippen molar-refractivity contribution in [2.45, 2.75) is 12.8 Å². The van der Waals surface area contributed by atoms with E-state index >= 15 is 0 Å². The summed E-state index contributed by atoms with van der Waals surface area (Å²) >= 11 is 0. The molecule has 6 nitrogen and oxygen atoms in total. The maximum Gasteiger partial charge on any atom is 0.303 e. The van der Waals surface area contributed by atoms with Gasteiger partial charge < -0.3 is 10.4 Å². The Hall–Kier alpha value is -3.15. The number of nitrogens with one attached hydrogen (secondary N) is 2. The third kappa shape index (κ3) is 3.43. The van der Waals surface area contributed by atoms with Crippen molar-refractivity contribution < 1.29 is 14.7 Å². The van der Waals surface area contributed by atoms with E-state index in [1.54, 1.807) is 12.1 Å². The molecule has 0 aliphatic carbocycles. The van der Waals surface area contributed by atoms with Crippen molar-refractivity contribution in [3.05, 3.63) is 54.1 Å². The first-order chi connectivity index (χ1) is 11.6. The molecule has 0 atom stereocenters. The van der Waals surface area contributed by atoms with Crippen LogP contribution in [0.2, 0.25) is 0 Å². The molecule has 0 unspecified atom stereocenters. The molecule has 3 N–H and O–H groups in total. The number of carboxylic acid groups (broad SMARTS) is 1. The van der Waals surface area contributed by atoms with E-state index in [1.807, 2.05) is 36.4 Å². The minimum atomic E-state index is -0.861. The Balaban J connectivity index is 1.69. The van der Waals surface area contributed by atoms with Crippen molar-refractivity contribution in [1.82, 2.24) is 15.5 Å². The van der Waals surface area contributed by atoms with Gasteiger partial charge in [-0.15, -0.1) is 0 Å². The normalized spacial score (nSPS) is 10.7. The number of amides is 1. The Kier molecular flexibility index (Phi) is 4.56. The van der Waals surface area contributed by atoms with Crippen LogP contribution in [-0.2, 0) is 4.79 Å². The van der Waals surface area contributed by atoms with Gasteiger partial charge in [0, 0.05) is 29.5 Å². The van der Waals surface area contributed by atoms with Crippen LogP contribution in [0.25, 0.3) is 22.2 Å². The van der Waals surface area contributed by atoms with E-state index in [9.17, 15) is 9.59 Å². The van der Waals surface area contributed by atoms with Crippen molar-refractivity contribution in [1.29, 1.82) is 0 Å². The molecule has 1 amide bonds. The summed E-state index contributed by atoms with van der Waals surface area (Å²) in [6.45, 7) is 0.344. The SMILES string of the molecule is O=C(O)CCCNC(=O)c1ccc(-c2n[nH]c3ccccc23)cc1. The van der Waals surface area contributed by atoms with E-state index in [0.29, 0.717) is 18.5 Å². The molecule has 0 saturated carbocycles. The number of aromatic amines is 1. The van der Waals surface area contributed by atoms with Gasteiger partial charge in [0.1, 0.15) is 0 Å². The smallest absolute Gasteiger partial charge is 0.303 e. The molecule has 0 aliphatic heterocycles. The summed E-state index contributed by atoms with van der Waals surface area (Å²) in [4.78, 5) is 22.5. The van der Waals surface area contributed by atoms with Gasteiger partial charge >= 0.3 is 5.97 Å². The van der Waals surface area contributed by atoms with E-state index in [-0.39, 0.29) is 12.3 Å². The maximum absolute atomic E-state index is 12.0. The van der Waals surface area contributed by atoms with Crippen molar-refractivity contribution in [3.8, 4) is 11.3 Å². The molecule has 0 aliphatic rings. The number of nitrogens with zero attached hydrogens (tertiary/aromatic N) is 1. The summed E-state index contributed by atoms with van der Waals surface area (Å²) in [6, 6.07) is 15.1. The molecule has 3 rings (SSSR count). The highest BCUT2D eigenvalue weighted by atomic mass is 16.4. The average Bonchev–Trinajstić information content (AvgIpc) is 3.02. The lowest BCUT2D eigenvalue weighted by Gasteiger charge is -2.05. The zero-order valence-corrected chi connectivity index (χ0v) is 13.0. The zero-order valence-electron chi connectivity index (χ0n) is 13.0. The highest BCUT2D eigenvalue weighted by Gasteiger charge is 2.09. The molecule has 0 saturated heterocycles. The molecule has 0 radical (unpaired) electrons. The summed E-state index contributed by atoms with van der Waals surface area (Å²) in [7, 11) is 0. The summed E-state index contributed by atoms with van der Waals surface area (Å²) in [5.74, 6) is -1.07. The summed E-state index contributed by atoms with van der Waals surface area (Å²) < 4.78 is 0. The number of benzene rings is 2. The lowest BCUT2D eigenvalue weighted by atomic mass is 10.1. The van der Waals surface area contributed by atoms with Gasteiger partial charge in [-0.1, -0.05) is 30.3 Å². The van der Waals surface area contributed by atoms with Crippen LogP contribution in [0.3, 0.4) is 0 Å². The van der Waals surface area contributed by atoms with Crippen molar-refractivity contribution in [2.75, 3.05) is 6.54 Å². The number of fused-ring (bicyclic) bond motifs is 1. The Morgan fingerprint density at radius 1 is 1.08 bits per heavy atom. The molecule has 1 heterocycles. The topological polar surface area (TPSA) is 95.1 Å². The summed E-state index contributed by atoms with van der Waals surface area (Å²) in [5.41, 5.74) is 3.27. The number of aliphatic carboxylic acids is 1. The third-order valence-electron chi connectivity index (χ3n) is 3.74. The number of H-pyrrole nitrogens is 1. The van der Waals surface area contributed by atoms with E-state index < -0.39 is 5.97 Å². The van der Waals surface area contributed by atoms with Gasteiger partial charge in [0.05, 0.1) is 11.2 Å². The molecule has 3 aromatic rings. The van der Waals surface area contributed by atoms with Gasteiger partial charge in [0.25, 0.3) is 5.91 Å². The number of para-hydroxylation sites is 1. The number of carbonyl (C=O) groups is 2. The Morgan fingerprint density at radius 2 is 1.83 bits per heavy atom. The molecule has 2 aromatic carbocycles. The second-order valence-corrected chi connectivity index (χ2v) is 5.45. The van der Waals surface area contributed by atoms with Crippen LogP contribution in [0.15, 0.2) is 48.5 Å². The first-order valence-corrected chi connectivity index (χ1v) is 7.68. The molecule has 6 heteroatoms. The number of aromatic nitrogens is 2. The highest BCUT2D eigenvalue weighted by Crippen LogP contribution is 2.26. The largest absolute Gasteiger partial charge is 0.481 e. The number of carbonyl (C=O) groups excluding carboxylic acids is 1. The van der Waals surface area contributed by atoms with Gasteiger partial charge in [-0.05, 0) is 24.6 Å². The van der Waals surface area contributed by atoms with Gasteiger partial charge in [-0.2, -0.15) is 5.10 Å². The number of hydrogen-bond donors (Lipinski definition) is 3. The van der Waals surface area contributed by atoms with Crippen LogP contribution in [0.5, 0.6) is 0 Å².